The van der Waals surface area contributed by atoms with Gasteiger partial charge in [0.2, 0.25) is 0 Å². The second-order valence-electron chi connectivity index (χ2n) is 2.87. The van der Waals surface area contributed by atoms with Gasteiger partial charge in [-0.15, -0.1) is 0 Å². The van der Waals surface area contributed by atoms with Crippen LogP contribution in [0.5, 0.6) is 0 Å². The summed E-state index contributed by atoms with van der Waals surface area (Å²) in [4.78, 5) is 0. The van der Waals surface area contributed by atoms with E-state index in [0.717, 1.165) is 5.69 Å². The van der Waals surface area contributed by atoms with Gasteiger partial charge in [-0.05, 0) is 19.1 Å². The number of aromatic nitrogens is 3. The van der Waals surface area contributed by atoms with E-state index in [0.29, 0.717) is 4.64 Å². The smallest absolute Gasteiger partial charge is 0.147 e. The summed E-state index contributed by atoms with van der Waals surface area (Å²) in [6.07, 6.45) is 1.62. The van der Waals surface area contributed by atoms with Crippen LogP contribution in [0.2, 0.25) is 0 Å². The molecule has 1 heterocycles. The first-order valence-electron chi connectivity index (χ1n) is 3.97. The minimum absolute atomic E-state index is 0.684. The largest absolute Gasteiger partial charge is 0.228 e. The molecule has 3 nitrogen and oxygen atoms in total. The van der Waals surface area contributed by atoms with E-state index in [2.05, 4.69) is 17.2 Å². The zero-order valence-electron chi connectivity index (χ0n) is 7.19. The van der Waals surface area contributed by atoms with Crippen LogP contribution in [0, 0.1) is 11.6 Å². The molecule has 4 heteroatoms. The average Bonchev–Trinajstić information content (AvgIpc) is 2.53. The third-order valence-corrected chi connectivity index (χ3v) is 2.13. The van der Waals surface area contributed by atoms with Gasteiger partial charge < -0.3 is 0 Å². The summed E-state index contributed by atoms with van der Waals surface area (Å²) < 4.78 is 2.44. The molecule has 0 saturated heterocycles. The van der Waals surface area contributed by atoms with Gasteiger partial charge in [-0.2, -0.15) is 5.10 Å². The molecule has 66 valence electrons. The zero-order chi connectivity index (χ0) is 9.26. The Morgan fingerprint density at radius 1 is 1.31 bits per heavy atom. The molecule has 0 spiro atoms. The predicted octanol–water partition coefficient (Wildman–Crippen LogP) is 2.24. The van der Waals surface area contributed by atoms with Crippen molar-refractivity contribution in [3.8, 4) is 5.69 Å². The number of hydrogen-bond acceptors (Lipinski definition) is 2. The molecule has 0 bridgehead atoms. The lowest BCUT2D eigenvalue weighted by molar-refractivity contribution is 0.796. The standard InChI is InChI=1S/C9H9N3S/c1-7-2-4-8(5-3-7)12-9(13)6-10-11-12/h2-6,11H,1H3. The molecular formula is C9H9N3S. The van der Waals surface area contributed by atoms with E-state index >= 15 is 0 Å². The fourth-order valence-corrected chi connectivity index (χ4v) is 1.33. The van der Waals surface area contributed by atoms with Crippen molar-refractivity contribution < 1.29 is 0 Å². The normalized spacial score (nSPS) is 10.2. The Bertz CT molecular complexity index is 452. The van der Waals surface area contributed by atoms with Gasteiger partial charge in [-0.3, -0.25) is 0 Å². The van der Waals surface area contributed by atoms with Crippen molar-refractivity contribution in [2.24, 2.45) is 0 Å². The molecular weight excluding hydrogens is 182 g/mol. The molecule has 2 rings (SSSR count). The van der Waals surface area contributed by atoms with E-state index in [1.54, 1.807) is 10.9 Å². The molecule has 0 fully saturated rings. The van der Waals surface area contributed by atoms with Crippen LogP contribution in [-0.4, -0.2) is 15.0 Å². The van der Waals surface area contributed by atoms with E-state index < -0.39 is 0 Å². The van der Waals surface area contributed by atoms with Crippen molar-refractivity contribution in [3.63, 3.8) is 0 Å². The first-order valence-corrected chi connectivity index (χ1v) is 4.38. The van der Waals surface area contributed by atoms with E-state index in [-0.39, 0.29) is 0 Å². The predicted molar refractivity (Wildman–Crippen MR) is 53.5 cm³/mol. The van der Waals surface area contributed by atoms with Gasteiger partial charge in [-0.1, -0.05) is 29.9 Å². The summed E-state index contributed by atoms with van der Waals surface area (Å²) in [6.45, 7) is 2.05. The van der Waals surface area contributed by atoms with Crippen molar-refractivity contribution in [1.29, 1.82) is 0 Å². The number of aryl methyl sites for hydroxylation is 1. The van der Waals surface area contributed by atoms with E-state index in [1.807, 2.05) is 24.3 Å². The molecule has 0 amide bonds. The van der Waals surface area contributed by atoms with Crippen molar-refractivity contribution in [2.75, 3.05) is 0 Å². The van der Waals surface area contributed by atoms with Crippen molar-refractivity contribution >= 4 is 12.2 Å². The molecule has 0 aliphatic heterocycles. The maximum atomic E-state index is 5.07. The van der Waals surface area contributed by atoms with Crippen LogP contribution in [0.3, 0.4) is 0 Å². The molecule has 1 aromatic heterocycles. The van der Waals surface area contributed by atoms with Gasteiger partial charge in [-0.25, -0.2) is 9.90 Å². The molecule has 1 N–H and O–H groups in total. The summed E-state index contributed by atoms with van der Waals surface area (Å²) in [7, 11) is 0. The highest BCUT2D eigenvalue weighted by molar-refractivity contribution is 7.71. The van der Waals surface area contributed by atoms with Crippen molar-refractivity contribution in [3.05, 3.63) is 40.7 Å². The number of rotatable bonds is 1. The second kappa shape index (κ2) is 3.14. The Morgan fingerprint density at radius 2 is 2.00 bits per heavy atom. The van der Waals surface area contributed by atoms with Crippen LogP contribution in [0.25, 0.3) is 5.69 Å². The third-order valence-electron chi connectivity index (χ3n) is 1.85. The number of hydrogen-bond donors (Lipinski definition) is 1. The zero-order valence-corrected chi connectivity index (χ0v) is 8.01. The van der Waals surface area contributed by atoms with Crippen LogP contribution in [0.4, 0.5) is 0 Å². The van der Waals surface area contributed by atoms with Gasteiger partial charge in [0.05, 0.1) is 11.9 Å². The lowest BCUT2D eigenvalue weighted by Gasteiger charge is -2.00. The summed E-state index contributed by atoms with van der Waals surface area (Å²) >= 11 is 5.07. The maximum Gasteiger partial charge on any atom is 0.147 e. The fraction of sp³-hybridized carbons (Fsp3) is 0.111. The summed E-state index contributed by atoms with van der Waals surface area (Å²) in [5.41, 5.74) is 2.24. The highest BCUT2D eigenvalue weighted by Crippen LogP contribution is 2.07. The van der Waals surface area contributed by atoms with E-state index in [4.69, 9.17) is 12.2 Å². The van der Waals surface area contributed by atoms with Crippen LogP contribution >= 0.6 is 12.2 Å². The Kier molecular flexibility index (Phi) is 1.98. The van der Waals surface area contributed by atoms with Crippen LogP contribution in [0.1, 0.15) is 5.56 Å². The monoisotopic (exact) mass is 191 g/mol. The van der Waals surface area contributed by atoms with Crippen LogP contribution in [0.15, 0.2) is 30.5 Å². The first-order chi connectivity index (χ1) is 6.27. The van der Waals surface area contributed by atoms with E-state index in [1.165, 1.54) is 5.56 Å². The third kappa shape index (κ3) is 1.53. The maximum absolute atomic E-state index is 5.07. The minimum Gasteiger partial charge on any atom is -0.228 e. The van der Waals surface area contributed by atoms with Crippen molar-refractivity contribution in [1.82, 2.24) is 15.0 Å². The van der Waals surface area contributed by atoms with Gasteiger partial charge in [0, 0.05) is 0 Å². The number of nitrogens with one attached hydrogen (secondary N) is 1. The van der Waals surface area contributed by atoms with Crippen molar-refractivity contribution in [2.45, 2.75) is 6.92 Å². The molecule has 0 unspecified atom stereocenters. The van der Waals surface area contributed by atoms with Crippen LogP contribution < -0.4 is 0 Å². The molecule has 0 radical (unpaired) electrons. The average molecular weight is 191 g/mol. The Balaban J connectivity index is 2.54. The lowest BCUT2D eigenvalue weighted by atomic mass is 10.2. The lowest BCUT2D eigenvalue weighted by Crippen LogP contribution is -1.95. The Hall–Kier alpha value is -1.42. The quantitative estimate of drug-likeness (QED) is 0.701. The SMILES string of the molecule is Cc1ccc(-n2[nH]ncc2=S)cc1. The molecule has 0 aliphatic carbocycles. The summed E-state index contributed by atoms with van der Waals surface area (Å²) in [5.74, 6) is 0. The molecule has 1 aromatic carbocycles. The Morgan fingerprint density at radius 3 is 2.54 bits per heavy atom. The fourth-order valence-electron chi connectivity index (χ4n) is 1.13. The molecule has 13 heavy (non-hydrogen) atoms. The summed E-state index contributed by atoms with van der Waals surface area (Å²) in [5, 5.41) is 6.66. The Labute approximate surface area is 81.0 Å². The number of benzene rings is 1. The molecule has 2 aromatic rings. The number of aromatic amines is 1. The molecule has 0 saturated carbocycles. The summed E-state index contributed by atoms with van der Waals surface area (Å²) in [6, 6.07) is 8.09. The second-order valence-corrected chi connectivity index (χ2v) is 3.29. The number of nitrogens with zero attached hydrogens (tertiary/aromatic N) is 2. The van der Waals surface area contributed by atoms with E-state index in [9.17, 15) is 0 Å². The first kappa shape index (κ1) is 8.19. The number of H-pyrrole nitrogens is 1. The van der Waals surface area contributed by atoms with Gasteiger partial charge in [0.25, 0.3) is 0 Å². The van der Waals surface area contributed by atoms with Gasteiger partial charge >= 0.3 is 0 Å². The molecule has 0 atom stereocenters. The topological polar surface area (TPSA) is 33.6 Å². The van der Waals surface area contributed by atoms with Crippen LogP contribution in [-0.2, 0) is 0 Å². The highest BCUT2D eigenvalue weighted by atomic mass is 32.1. The minimum atomic E-state index is 0.684. The van der Waals surface area contributed by atoms with Gasteiger partial charge in [0.1, 0.15) is 4.64 Å². The molecule has 0 aliphatic rings. The van der Waals surface area contributed by atoms with Gasteiger partial charge in [0.15, 0.2) is 0 Å². The highest BCUT2D eigenvalue weighted by Gasteiger charge is 1.96.